The number of aliphatic imine (C=N–C) groups is 1. The number of nitrogens with zero attached hydrogens (tertiary/aromatic N) is 4. The first-order valence-electron chi connectivity index (χ1n) is 8.78. The Hall–Kier alpha value is -1.64. The number of rotatable bonds is 6. The Labute approximate surface area is 173 Å². The molecule has 0 saturated heterocycles. The summed E-state index contributed by atoms with van der Waals surface area (Å²) in [6, 6.07) is 2.35. The molecule has 0 aliphatic carbocycles. The minimum absolute atomic E-state index is 0. The molecule has 0 fully saturated rings. The molecule has 2 aromatic rings. The third kappa shape index (κ3) is 5.96. The smallest absolute Gasteiger partial charge is 0.191 e. The standard InChI is InChI=1S/C19H30N6.HI/c1-13-12-21-9-7-17(13)8-10-22-19(20-5)23-14(2)11-18-15(3)24-25(6)16(18)4;/h7,9,12,14H,8,10-11H2,1-6H3,(H2,20,22,23);1H. The van der Waals surface area contributed by atoms with Crippen LogP contribution in [0.5, 0.6) is 0 Å². The van der Waals surface area contributed by atoms with Crippen LogP contribution in [0, 0.1) is 20.8 Å². The highest BCUT2D eigenvalue weighted by atomic mass is 127. The molecular formula is C19H31IN6. The summed E-state index contributed by atoms with van der Waals surface area (Å²) < 4.78 is 1.95. The molecule has 6 nitrogen and oxygen atoms in total. The number of pyridine rings is 1. The highest BCUT2D eigenvalue weighted by Crippen LogP contribution is 2.14. The van der Waals surface area contributed by atoms with Crippen LogP contribution in [-0.4, -0.2) is 40.4 Å². The van der Waals surface area contributed by atoms with Crippen LogP contribution in [-0.2, 0) is 19.9 Å². The number of hydrogen-bond acceptors (Lipinski definition) is 3. The molecule has 0 radical (unpaired) electrons. The summed E-state index contributed by atoms with van der Waals surface area (Å²) in [5.41, 5.74) is 6.17. The predicted molar refractivity (Wildman–Crippen MR) is 118 cm³/mol. The highest BCUT2D eigenvalue weighted by molar-refractivity contribution is 14.0. The van der Waals surface area contributed by atoms with Crippen molar-refractivity contribution in [2.24, 2.45) is 12.0 Å². The van der Waals surface area contributed by atoms with Crippen molar-refractivity contribution in [3.05, 3.63) is 46.5 Å². The van der Waals surface area contributed by atoms with E-state index >= 15 is 0 Å². The molecule has 1 atom stereocenters. The molecule has 0 aliphatic heterocycles. The Morgan fingerprint density at radius 2 is 2.04 bits per heavy atom. The summed E-state index contributed by atoms with van der Waals surface area (Å²) in [7, 11) is 3.80. The average molecular weight is 470 g/mol. The molecule has 0 spiro atoms. The van der Waals surface area contributed by atoms with Crippen molar-refractivity contribution in [2.75, 3.05) is 13.6 Å². The first kappa shape index (κ1) is 22.4. The Morgan fingerprint density at radius 3 is 2.62 bits per heavy atom. The molecule has 0 bridgehead atoms. The van der Waals surface area contributed by atoms with Crippen LogP contribution in [0.1, 0.15) is 35.0 Å². The summed E-state index contributed by atoms with van der Waals surface area (Å²) in [6.45, 7) is 9.29. The van der Waals surface area contributed by atoms with Gasteiger partial charge in [0.15, 0.2) is 5.96 Å². The lowest BCUT2D eigenvalue weighted by molar-refractivity contribution is 0.635. The normalized spacial score (nSPS) is 12.5. The summed E-state index contributed by atoms with van der Waals surface area (Å²) in [5.74, 6) is 0.832. The van der Waals surface area contributed by atoms with Crippen LogP contribution in [0.2, 0.25) is 0 Å². The number of aromatic nitrogens is 3. The molecule has 0 saturated carbocycles. The molecule has 7 heteroatoms. The predicted octanol–water partition coefficient (Wildman–Crippen LogP) is 2.70. The third-order valence-corrected chi connectivity index (χ3v) is 4.60. The summed E-state index contributed by atoms with van der Waals surface area (Å²) in [4.78, 5) is 8.47. The monoisotopic (exact) mass is 470 g/mol. The average Bonchev–Trinajstić information content (AvgIpc) is 2.82. The topological polar surface area (TPSA) is 67.1 Å². The minimum atomic E-state index is 0. The Balaban J connectivity index is 0.00000338. The van der Waals surface area contributed by atoms with Crippen molar-refractivity contribution >= 4 is 29.9 Å². The summed E-state index contributed by atoms with van der Waals surface area (Å²) >= 11 is 0. The molecular weight excluding hydrogens is 439 g/mol. The molecule has 0 aliphatic rings. The molecule has 1 unspecified atom stereocenters. The first-order valence-corrected chi connectivity index (χ1v) is 8.78. The van der Waals surface area contributed by atoms with Crippen LogP contribution in [0.15, 0.2) is 23.5 Å². The molecule has 2 N–H and O–H groups in total. The fraction of sp³-hybridized carbons (Fsp3) is 0.526. The zero-order chi connectivity index (χ0) is 18.4. The van der Waals surface area contributed by atoms with Crippen molar-refractivity contribution in [1.29, 1.82) is 0 Å². The lowest BCUT2D eigenvalue weighted by Gasteiger charge is -2.18. The van der Waals surface area contributed by atoms with E-state index < -0.39 is 0 Å². The second-order valence-electron chi connectivity index (χ2n) is 6.57. The van der Waals surface area contributed by atoms with Gasteiger partial charge < -0.3 is 10.6 Å². The van der Waals surface area contributed by atoms with Gasteiger partial charge in [0, 0.05) is 44.8 Å². The van der Waals surface area contributed by atoms with Gasteiger partial charge in [0.1, 0.15) is 0 Å². The second-order valence-corrected chi connectivity index (χ2v) is 6.57. The van der Waals surface area contributed by atoms with E-state index in [9.17, 15) is 0 Å². The Kier molecular flexibility index (Phi) is 9.04. The second kappa shape index (κ2) is 10.5. The van der Waals surface area contributed by atoms with Gasteiger partial charge in [-0.1, -0.05) is 0 Å². The van der Waals surface area contributed by atoms with Gasteiger partial charge in [-0.2, -0.15) is 5.10 Å². The number of nitrogens with one attached hydrogen (secondary N) is 2. The van der Waals surface area contributed by atoms with Crippen LogP contribution in [0.25, 0.3) is 0 Å². The van der Waals surface area contributed by atoms with Gasteiger partial charge in [0.2, 0.25) is 0 Å². The van der Waals surface area contributed by atoms with E-state index in [1.807, 2.05) is 24.1 Å². The SMILES string of the molecule is CN=C(NCCc1ccncc1C)NC(C)Cc1c(C)nn(C)c1C.I. The summed E-state index contributed by atoms with van der Waals surface area (Å²) in [5, 5.41) is 11.4. The van der Waals surface area contributed by atoms with Crippen molar-refractivity contribution in [3.63, 3.8) is 0 Å². The van der Waals surface area contributed by atoms with Gasteiger partial charge in [0.05, 0.1) is 5.69 Å². The van der Waals surface area contributed by atoms with E-state index in [-0.39, 0.29) is 30.0 Å². The number of guanidine groups is 1. The van der Waals surface area contributed by atoms with E-state index in [1.54, 1.807) is 7.05 Å². The molecule has 0 aromatic carbocycles. The summed E-state index contributed by atoms with van der Waals surface area (Å²) in [6.07, 6.45) is 5.62. The van der Waals surface area contributed by atoms with Crippen molar-refractivity contribution in [2.45, 2.75) is 46.6 Å². The van der Waals surface area contributed by atoms with Gasteiger partial charge in [0.25, 0.3) is 0 Å². The lowest BCUT2D eigenvalue weighted by Crippen LogP contribution is -2.43. The first-order chi connectivity index (χ1) is 11.9. The lowest BCUT2D eigenvalue weighted by atomic mass is 10.1. The maximum atomic E-state index is 4.49. The number of halogens is 1. The molecule has 2 aromatic heterocycles. The largest absolute Gasteiger partial charge is 0.356 e. The molecule has 2 rings (SSSR count). The number of aryl methyl sites for hydroxylation is 3. The Morgan fingerprint density at radius 1 is 1.31 bits per heavy atom. The third-order valence-electron chi connectivity index (χ3n) is 4.60. The fourth-order valence-corrected chi connectivity index (χ4v) is 3.00. The van der Waals surface area contributed by atoms with E-state index in [0.29, 0.717) is 0 Å². The zero-order valence-electron chi connectivity index (χ0n) is 16.6. The maximum absolute atomic E-state index is 4.49. The van der Waals surface area contributed by atoms with Gasteiger partial charge in [-0.05, 0) is 63.3 Å². The van der Waals surface area contributed by atoms with Crippen LogP contribution >= 0.6 is 24.0 Å². The van der Waals surface area contributed by atoms with Crippen molar-refractivity contribution < 1.29 is 0 Å². The van der Waals surface area contributed by atoms with Gasteiger partial charge in [-0.25, -0.2) is 0 Å². The van der Waals surface area contributed by atoms with E-state index in [2.05, 4.69) is 59.5 Å². The van der Waals surface area contributed by atoms with E-state index in [0.717, 1.165) is 31.0 Å². The van der Waals surface area contributed by atoms with Gasteiger partial charge in [-0.3, -0.25) is 14.7 Å². The zero-order valence-corrected chi connectivity index (χ0v) is 19.0. The maximum Gasteiger partial charge on any atom is 0.191 e. The molecule has 2 heterocycles. The quantitative estimate of drug-likeness (QED) is 0.387. The van der Waals surface area contributed by atoms with Crippen molar-refractivity contribution in [1.82, 2.24) is 25.4 Å². The van der Waals surface area contributed by atoms with Gasteiger partial charge in [-0.15, -0.1) is 24.0 Å². The van der Waals surface area contributed by atoms with E-state index in [4.69, 9.17) is 0 Å². The van der Waals surface area contributed by atoms with E-state index in [1.165, 1.54) is 22.4 Å². The van der Waals surface area contributed by atoms with Crippen LogP contribution < -0.4 is 10.6 Å². The molecule has 144 valence electrons. The molecule has 0 amide bonds. The Bertz CT molecular complexity index is 738. The highest BCUT2D eigenvalue weighted by Gasteiger charge is 2.13. The number of hydrogen-bond donors (Lipinski definition) is 2. The van der Waals surface area contributed by atoms with Crippen LogP contribution in [0.3, 0.4) is 0 Å². The van der Waals surface area contributed by atoms with Gasteiger partial charge >= 0.3 is 0 Å². The molecule has 26 heavy (non-hydrogen) atoms. The van der Waals surface area contributed by atoms with Crippen molar-refractivity contribution in [3.8, 4) is 0 Å². The van der Waals surface area contributed by atoms with Crippen LogP contribution in [0.4, 0.5) is 0 Å². The fourth-order valence-electron chi connectivity index (χ4n) is 3.00. The minimum Gasteiger partial charge on any atom is -0.356 e.